The van der Waals surface area contributed by atoms with Crippen LogP contribution in [0.25, 0.3) is 0 Å². The number of hydrogen-bond donors (Lipinski definition) is 1. The van der Waals surface area contributed by atoms with Gasteiger partial charge in [0, 0.05) is 37.2 Å². The number of nitrogens with one attached hydrogen (secondary N) is 1. The molecule has 1 aliphatic heterocycles. The minimum atomic E-state index is -4.97. The van der Waals surface area contributed by atoms with Crippen LogP contribution in [-0.4, -0.2) is 39.8 Å². The SMILES string of the molecule is O=C(C1CCCC1)N1CCC(Nc2c([N+](=O)[O-])cc(C(F)(F)F)cc2[N+](=O)[O-])C1. The van der Waals surface area contributed by atoms with Gasteiger partial charge in [0.2, 0.25) is 5.91 Å². The van der Waals surface area contributed by atoms with E-state index in [1.165, 1.54) is 0 Å². The zero-order valence-corrected chi connectivity index (χ0v) is 15.3. The minimum absolute atomic E-state index is 0.0109. The van der Waals surface area contributed by atoms with Crippen LogP contribution in [0.4, 0.5) is 30.2 Å². The molecule has 0 spiro atoms. The molecule has 29 heavy (non-hydrogen) atoms. The Morgan fingerprint density at radius 1 is 1.07 bits per heavy atom. The number of nitrogens with zero attached hydrogens (tertiary/aromatic N) is 3. The lowest BCUT2D eigenvalue weighted by Gasteiger charge is -2.21. The first-order valence-corrected chi connectivity index (χ1v) is 9.17. The van der Waals surface area contributed by atoms with Crippen LogP contribution in [0.2, 0.25) is 0 Å². The number of nitro benzene ring substituents is 2. The number of halogens is 3. The van der Waals surface area contributed by atoms with E-state index < -0.39 is 44.7 Å². The monoisotopic (exact) mass is 416 g/mol. The molecule has 158 valence electrons. The minimum Gasteiger partial charge on any atom is -0.369 e. The first-order valence-electron chi connectivity index (χ1n) is 9.17. The van der Waals surface area contributed by atoms with Crippen molar-refractivity contribution in [3.05, 3.63) is 37.9 Å². The molecular formula is C17H19F3N4O5. The highest BCUT2D eigenvalue weighted by Gasteiger charge is 2.39. The van der Waals surface area contributed by atoms with Gasteiger partial charge in [-0.15, -0.1) is 0 Å². The van der Waals surface area contributed by atoms with E-state index in [2.05, 4.69) is 5.32 Å². The first-order chi connectivity index (χ1) is 13.6. The summed E-state index contributed by atoms with van der Waals surface area (Å²) in [5.41, 5.74) is -4.08. The zero-order chi connectivity index (χ0) is 21.3. The number of likely N-dealkylation sites (tertiary alicyclic amines) is 1. The van der Waals surface area contributed by atoms with Gasteiger partial charge in [0.15, 0.2) is 5.69 Å². The molecule has 9 nitrogen and oxygen atoms in total. The van der Waals surface area contributed by atoms with Gasteiger partial charge in [-0.25, -0.2) is 0 Å². The number of hydrogen-bond acceptors (Lipinski definition) is 6. The normalized spacial score (nSPS) is 20.1. The molecule has 12 heteroatoms. The fraction of sp³-hybridized carbons (Fsp3) is 0.588. The third-order valence-electron chi connectivity index (χ3n) is 5.37. The van der Waals surface area contributed by atoms with Crippen molar-refractivity contribution in [1.29, 1.82) is 0 Å². The van der Waals surface area contributed by atoms with Crippen LogP contribution >= 0.6 is 0 Å². The maximum atomic E-state index is 13.0. The van der Waals surface area contributed by atoms with Crippen molar-refractivity contribution in [3.63, 3.8) is 0 Å². The highest BCUT2D eigenvalue weighted by atomic mass is 19.4. The molecule has 1 saturated heterocycles. The fourth-order valence-corrected chi connectivity index (χ4v) is 3.92. The zero-order valence-electron chi connectivity index (χ0n) is 15.3. The molecule has 1 aromatic carbocycles. The smallest absolute Gasteiger partial charge is 0.369 e. The lowest BCUT2D eigenvalue weighted by Crippen LogP contribution is -2.35. The number of nitro groups is 2. The number of amides is 1. The van der Waals surface area contributed by atoms with Crippen molar-refractivity contribution in [2.24, 2.45) is 5.92 Å². The summed E-state index contributed by atoms with van der Waals surface area (Å²) < 4.78 is 39.0. The van der Waals surface area contributed by atoms with Gasteiger partial charge in [0.1, 0.15) is 0 Å². The molecule has 1 aliphatic carbocycles. The molecule has 0 bridgehead atoms. The van der Waals surface area contributed by atoms with Gasteiger partial charge < -0.3 is 10.2 Å². The van der Waals surface area contributed by atoms with E-state index in [0.717, 1.165) is 25.7 Å². The highest BCUT2D eigenvalue weighted by Crippen LogP contribution is 2.42. The summed E-state index contributed by atoms with van der Waals surface area (Å²) in [5, 5.41) is 25.3. The molecule has 1 heterocycles. The van der Waals surface area contributed by atoms with Gasteiger partial charge in [-0.1, -0.05) is 12.8 Å². The van der Waals surface area contributed by atoms with Crippen LogP contribution < -0.4 is 5.32 Å². The van der Waals surface area contributed by atoms with E-state index >= 15 is 0 Å². The van der Waals surface area contributed by atoms with Crippen LogP contribution in [0.15, 0.2) is 12.1 Å². The summed E-state index contributed by atoms with van der Waals surface area (Å²) in [4.78, 5) is 34.6. The van der Waals surface area contributed by atoms with Crippen LogP contribution in [0.1, 0.15) is 37.7 Å². The fourth-order valence-electron chi connectivity index (χ4n) is 3.92. The number of carbonyl (C=O) groups excluding carboxylic acids is 1. The van der Waals surface area contributed by atoms with Gasteiger partial charge in [-0.3, -0.25) is 25.0 Å². The predicted octanol–water partition coefficient (Wildman–Crippen LogP) is 3.72. The Morgan fingerprint density at radius 3 is 2.10 bits per heavy atom. The van der Waals surface area contributed by atoms with Crippen LogP contribution in [0.5, 0.6) is 0 Å². The molecule has 0 aromatic heterocycles. The van der Waals surface area contributed by atoms with E-state index in [4.69, 9.17) is 0 Å². The summed E-state index contributed by atoms with van der Waals surface area (Å²) in [6, 6.07) is 0.0341. The Balaban J connectivity index is 1.85. The van der Waals surface area contributed by atoms with E-state index in [9.17, 15) is 38.2 Å². The average molecular weight is 416 g/mol. The van der Waals surface area contributed by atoms with E-state index in [-0.39, 0.29) is 30.5 Å². The Kier molecular flexibility index (Phi) is 5.62. The molecule has 1 aromatic rings. The van der Waals surface area contributed by atoms with Crippen molar-refractivity contribution in [2.75, 3.05) is 18.4 Å². The van der Waals surface area contributed by atoms with Crippen molar-refractivity contribution < 1.29 is 27.8 Å². The van der Waals surface area contributed by atoms with Gasteiger partial charge in [-0.2, -0.15) is 13.2 Å². The molecule has 2 aliphatic rings. The third-order valence-corrected chi connectivity index (χ3v) is 5.37. The van der Waals surface area contributed by atoms with Gasteiger partial charge in [0.25, 0.3) is 11.4 Å². The van der Waals surface area contributed by atoms with Crippen LogP contribution in [-0.2, 0) is 11.0 Å². The van der Waals surface area contributed by atoms with Crippen LogP contribution in [0.3, 0.4) is 0 Å². The Bertz CT molecular complexity index is 804. The molecule has 1 saturated carbocycles. The molecule has 0 radical (unpaired) electrons. The second-order valence-electron chi connectivity index (χ2n) is 7.30. The summed E-state index contributed by atoms with van der Waals surface area (Å²) in [5.74, 6) is -0.0632. The largest absolute Gasteiger partial charge is 0.416 e. The number of benzene rings is 1. The van der Waals surface area contributed by atoms with Crippen molar-refractivity contribution in [3.8, 4) is 0 Å². The molecule has 3 rings (SSSR count). The van der Waals surface area contributed by atoms with E-state index in [0.29, 0.717) is 13.0 Å². The Labute approximate surface area is 163 Å². The highest BCUT2D eigenvalue weighted by molar-refractivity contribution is 5.80. The number of alkyl halides is 3. The van der Waals surface area contributed by atoms with E-state index in [1.807, 2.05) is 0 Å². The maximum Gasteiger partial charge on any atom is 0.416 e. The van der Waals surface area contributed by atoms with Crippen LogP contribution in [0, 0.1) is 26.1 Å². The van der Waals surface area contributed by atoms with Gasteiger partial charge in [0.05, 0.1) is 15.4 Å². The second kappa shape index (κ2) is 7.84. The Hall–Kier alpha value is -2.92. The standard InChI is InChI=1S/C17H19F3N4O5/c18-17(19,20)11-7-13(23(26)27)15(14(8-11)24(28)29)21-12-5-6-22(9-12)16(25)10-3-1-2-4-10/h7-8,10,12,21H,1-6,9H2. The molecule has 1 atom stereocenters. The molecule has 2 fully saturated rings. The summed E-state index contributed by atoms with van der Waals surface area (Å²) in [6.45, 7) is 0.569. The number of rotatable bonds is 5. The van der Waals surface area contributed by atoms with Gasteiger partial charge in [-0.05, 0) is 19.3 Å². The van der Waals surface area contributed by atoms with Crippen molar-refractivity contribution in [2.45, 2.75) is 44.3 Å². The number of anilines is 1. The lowest BCUT2D eigenvalue weighted by molar-refractivity contribution is -0.392. The first kappa shape index (κ1) is 20.8. The lowest BCUT2D eigenvalue weighted by atomic mass is 10.1. The van der Waals surface area contributed by atoms with Crippen molar-refractivity contribution in [1.82, 2.24) is 4.90 Å². The van der Waals surface area contributed by atoms with Crippen molar-refractivity contribution >= 4 is 23.0 Å². The maximum absolute atomic E-state index is 13.0. The summed E-state index contributed by atoms with van der Waals surface area (Å²) in [7, 11) is 0. The van der Waals surface area contributed by atoms with Gasteiger partial charge >= 0.3 is 6.18 Å². The van der Waals surface area contributed by atoms with E-state index in [1.54, 1.807) is 4.90 Å². The average Bonchev–Trinajstić information content (AvgIpc) is 3.32. The summed E-state index contributed by atoms with van der Waals surface area (Å²) in [6.07, 6.45) is -1.00. The second-order valence-corrected chi connectivity index (χ2v) is 7.30. The summed E-state index contributed by atoms with van der Waals surface area (Å²) >= 11 is 0. The predicted molar refractivity (Wildman–Crippen MR) is 95.3 cm³/mol. The number of carbonyl (C=O) groups is 1. The molecule has 1 amide bonds. The molecular weight excluding hydrogens is 397 g/mol. The molecule has 1 N–H and O–H groups in total. The quantitative estimate of drug-likeness (QED) is 0.577. The molecule has 1 unspecified atom stereocenters. The topological polar surface area (TPSA) is 119 Å². The third kappa shape index (κ3) is 4.40. The Morgan fingerprint density at radius 2 is 1.62 bits per heavy atom.